The van der Waals surface area contributed by atoms with Gasteiger partial charge in [-0.1, -0.05) is 48.5 Å². The molecule has 0 spiro atoms. The molecular formula is C21H18N2O5. The Balaban J connectivity index is 1.81. The monoisotopic (exact) mass is 378 g/mol. The zero-order chi connectivity index (χ0) is 20.1. The van der Waals surface area contributed by atoms with Crippen LogP contribution >= 0.6 is 0 Å². The summed E-state index contributed by atoms with van der Waals surface area (Å²) in [6, 6.07) is 18.0. The van der Waals surface area contributed by atoms with Crippen LogP contribution in [0.2, 0.25) is 0 Å². The molecule has 0 saturated carbocycles. The highest BCUT2D eigenvalue weighted by Gasteiger charge is 2.23. The molecule has 3 aromatic carbocycles. The van der Waals surface area contributed by atoms with E-state index >= 15 is 0 Å². The van der Waals surface area contributed by atoms with Gasteiger partial charge in [0.2, 0.25) is 0 Å². The molecule has 0 bridgehead atoms. The largest absolute Gasteiger partial charge is 0.467 e. The Hall–Kier alpha value is -3.74. The van der Waals surface area contributed by atoms with Gasteiger partial charge in [-0.2, -0.15) is 0 Å². The molecule has 0 saturated heterocycles. The molecule has 3 aromatic rings. The number of hydrogen-bond acceptors (Lipinski definition) is 5. The number of benzene rings is 3. The van der Waals surface area contributed by atoms with Crippen LogP contribution in [0.5, 0.6) is 0 Å². The number of hydrogen-bond donors (Lipinski definition) is 1. The second kappa shape index (κ2) is 8.30. The highest BCUT2D eigenvalue weighted by Crippen LogP contribution is 2.18. The molecule has 28 heavy (non-hydrogen) atoms. The fourth-order valence-corrected chi connectivity index (χ4v) is 2.94. The quantitative estimate of drug-likeness (QED) is 0.403. The summed E-state index contributed by atoms with van der Waals surface area (Å²) in [5.41, 5.74) is 0.756. The van der Waals surface area contributed by atoms with Crippen molar-refractivity contribution in [2.45, 2.75) is 12.5 Å². The lowest BCUT2D eigenvalue weighted by Crippen LogP contribution is -2.43. The molecule has 0 aliphatic rings. The van der Waals surface area contributed by atoms with E-state index in [-0.39, 0.29) is 17.7 Å². The Morgan fingerprint density at radius 2 is 1.79 bits per heavy atom. The predicted molar refractivity (Wildman–Crippen MR) is 104 cm³/mol. The Morgan fingerprint density at radius 3 is 2.50 bits per heavy atom. The molecule has 1 atom stereocenters. The van der Waals surface area contributed by atoms with Crippen molar-refractivity contribution in [2.24, 2.45) is 0 Å². The van der Waals surface area contributed by atoms with Gasteiger partial charge in [-0.05, 0) is 22.4 Å². The van der Waals surface area contributed by atoms with Gasteiger partial charge in [0, 0.05) is 24.1 Å². The fourth-order valence-electron chi connectivity index (χ4n) is 2.94. The number of non-ortho nitro benzene ring substituents is 1. The highest BCUT2D eigenvalue weighted by molar-refractivity contribution is 5.97. The molecule has 7 nitrogen and oxygen atoms in total. The lowest BCUT2D eigenvalue weighted by molar-refractivity contribution is -0.384. The van der Waals surface area contributed by atoms with Gasteiger partial charge in [-0.25, -0.2) is 4.79 Å². The number of amides is 1. The number of nitrogens with one attached hydrogen (secondary N) is 1. The Labute approximate surface area is 161 Å². The van der Waals surface area contributed by atoms with Gasteiger partial charge in [0.05, 0.1) is 12.0 Å². The average Bonchev–Trinajstić information content (AvgIpc) is 2.72. The minimum atomic E-state index is -0.919. The number of esters is 1. The van der Waals surface area contributed by atoms with Crippen molar-refractivity contribution < 1.29 is 19.2 Å². The molecule has 0 heterocycles. The van der Waals surface area contributed by atoms with Crippen molar-refractivity contribution in [2.75, 3.05) is 7.11 Å². The summed E-state index contributed by atoms with van der Waals surface area (Å²) in [5, 5.41) is 15.6. The summed E-state index contributed by atoms with van der Waals surface area (Å²) in [4.78, 5) is 35.0. The van der Waals surface area contributed by atoms with Crippen molar-refractivity contribution in [3.63, 3.8) is 0 Å². The molecule has 0 aliphatic heterocycles. The zero-order valence-electron chi connectivity index (χ0n) is 15.1. The third kappa shape index (κ3) is 4.32. The number of fused-ring (bicyclic) bond motifs is 1. The maximum absolute atomic E-state index is 12.5. The first-order chi connectivity index (χ1) is 13.5. The molecular weight excluding hydrogens is 360 g/mol. The number of ether oxygens (including phenoxy) is 1. The van der Waals surface area contributed by atoms with Crippen LogP contribution in [-0.2, 0) is 16.0 Å². The molecule has 1 amide bonds. The van der Waals surface area contributed by atoms with Gasteiger partial charge >= 0.3 is 5.97 Å². The van der Waals surface area contributed by atoms with Crippen LogP contribution in [0.3, 0.4) is 0 Å². The summed E-state index contributed by atoms with van der Waals surface area (Å²) >= 11 is 0. The molecule has 0 aliphatic carbocycles. The minimum absolute atomic E-state index is 0.0987. The van der Waals surface area contributed by atoms with E-state index in [1.165, 1.54) is 31.4 Å². The number of nitro groups is 1. The molecule has 142 valence electrons. The lowest BCUT2D eigenvalue weighted by atomic mass is 10.0. The van der Waals surface area contributed by atoms with Crippen LogP contribution in [0.25, 0.3) is 10.8 Å². The van der Waals surface area contributed by atoms with E-state index < -0.39 is 22.8 Å². The molecule has 0 aromatic heterocycles. The summed E-state index contributed by atoms with van der Waals surface area (Å²) < 4.78 is 4.81. The molecule has 0 unspecified atom stereocenters. The number of nitro benzene ring substituents is 1. The second-order valence-electron chi connectivity index (χ2n) is 6.24. The van der Waals surface area contributed by atoms with Crippen molar-refractivity contribution in [1.82, 2.24) is 5.32 Å². The smallest absolute Gasteiger partial charge is 0.328 e. The van der Waals surface area contributed by atoms with Crippen LogP contribution < -0.4 is 5.32 Å². The van der Waals surface area contributed by atoms with Crippen LogP contribution in [0.1, 0.15) is 15.9 Å². The average molecular weight is 378 g/mol. The number of nitrogens with zero attached hydrogens (tertiary/aromatic N) is 1. The minimum Gasteiger partial charge on any atom is -0.467 e. The van der Waals surface area contributed by atoms with Crippen LogP contribution in [0.15, 0.2) is 66.7 Å². The normalized spacial score (nSPS) is 11.6. The number of methoxy groups -OCH3 is 1. The van der Waals surface area contributed by atoms with Crippen molar-refractivity contribution in [3.8, 4) is 0 Å². The van der Waals surface area contributed by atoms with E-state index in [0.29, 0.717) is 0 Å². The lowest BCUT2D eigenvalue weighted by Gasteiger charge is -2.17. The first-order valence-corrected chi connectivity index (χ1v) is 8.59. The molecule has 7 heteroatoms. The van der Waals surface area contributed by atoms with E-state index in [2.05, 4.69) is 5.32 Å². The summed E-state index contributed by atoms with van der Waals surface area (Å²) in [6.45, 7) is 0. The fraction of sp³-hybridized carbons (Fsp3) is 0.143. The van der Waals surface area contributed by atoms with E-state index in [9.17, 15) is 19.7 Å². The maximum Gasteiger partial charge on any atom is 0.328 e. The van der Waals surface area contributed by atoms with E-state index in [0.717, 1.165) is 16.3 Å². The summed E-state index contributed by atoms with van der Waals surface area (Å²) in [7, 11) is 1.25. The third-order valence-corrected chi connectivity index (χ3v) is 4.36. The van der Waals surface area contributed by atoms with Crippen LogP contribution in [0.4, 0.5) is 5.69 Å². The third-order valence-electron chi connectivity index (χ3n) is 4.36. The van der Waals surface area contributed by atoms with E-state index in [4.69, 9.17) is 4.74 Å². The summed E-state index contributed by atoms with van der Waals surface area (Å²) in [6.07, 6.45) is 0.234. The van der Waals surface area contributed by atoms with Gasteiger partial charge in [0.25, 0.3) is 11.6 Å². The summed E-state index contributed by atoms with van der Waals surface area (Å²) in [5.74, 6) is -1.17. The zero-order valence-corrected chi connectivity index (χ0v) is 15.1. The van der Waals surface area contributed by atoms with Gasteiger partial charge in [-0.3, -0.25) is 14.9 Å². The first kappa shape index (κ1) is 19.0. The van der Waals surface area contributed by atoms with Gasteiger partial charge < -0.3 is 10.1 Å². The van der Waals surface area contributed by atoms with E-state index in [1.54, 1.807) is 0 Å². The molecule has 0 fully saturated rings. The SMILES string of the molecule is COC(=O)[C@@H](Cc1ccc2ccccc2c1)NC(=O)c1cccc([N+](=O)[O-])c1. The second-order valence-corrected chi connectivity index (χ2v) is 6.24. The standard InChI is InChI=1S/C21H18N2O5/c1-28-21(25)19(12-14-9-10-15-5-2-3-6-16(15)11-14)22-20(24)17-7-4-8-18(13-17)23(26)27/h2-11,13,19H,12H2,1H3,(H,22,24)/t19-/m1/s1. The van der Waals surface area contributed by atoms with Gasteiger partial charge in [0.15, 0.2) is 0 Å². The molecule has 1 N–H and O–H groups in total. The topological polar surface area (TPSA) is 98.5 Å². The highest BCUT2D eigenvalue weighted by atomic mass is 16.6. The van der Waals surface area contributed by atoms with E-state index in [1.807, 2.05) is 42.5 Å². The maximum atomic E-state index is 12.5. The number of carbonyl (C=O) groups excluding carboxylic acids is 2. The van der Waals surface area contributed by atoms with Gasteiger partial charge in [0.1, 0.15) is 6.04 Å². The Morgan fingerprint density at radius 1 is 1.04 bits per heavy atom. The van der Waals surface area contributed by atoms with Crippen LogP contribution in [0, 0.1) is 10.1 Å². The van der Waals surface area contributed by atoms with Crippen molar-refractivity contribution >= 4 is 28.3 Å². The van der Waals surface area contributed by atoms with Crippen molar-refractivity contribution in [1.29, 1.82) is 0 Å². The number of carbonyl (C=O) groups is 2. The predicted octanol–water partition coefficient (Wildman–Crippen LogP) is 3.26. The first-order valence-electron chi connectivity index (χ1n) is 8.59. The Kier molecular flexibility index (Phi) is 5.64. The Bertz CT molecular complexity index is 1050. The molecule has 3 rings (SSSR count). The van der Waals surface area contributed by atoms with Crippen molar-refractivity contribution in [3.05, 3.63) is 88.0 Å². The van der Waals surface area contributed by atoms with Crippen LogP contribution in [-0.4, -0.2) is 30.0 Å². The van der Waals surface area contributed by atoms with Gasteiger partial charge in [-0.15, -0.1) is 0 Å². The molecule has 0 radical (unpaired) electrons. The number of rotatable bonds is 6.